The van der Waals surface area contributed by atoms with Crippen molar-refractivity contribution in [1.82, 2.24) is 10.2 Å². The van der Waals surface area contributed by atoms with Crippen LogP contribution < -0.4 is 5.32 Å². The van der Waals surface area contributed by atoms with Gasteiger partial charge in [-0.3, -0.25) is 4.99 Å². The third-order valence-electron chi connectivity index (χ3n) is 4.13. The van der Waals surface area contributed by atoms with Crippen molar-refractivity contribution in [2.45, 2.75) is 32.1 Å². The molecule has 1 heterocycles. The Kier molecular flexibility index (Phi) is 6.88. The topological polar surface area (TPSA) is 61.8 Å². The molecule has 1 aliphatic heterocycles. The molecule has 0 aromatic heterocycles. The van der Waals surface area contributed by atoms with Crippen LogP contribution in [0.3, 0.4) is 0 Å². The van der Waals surface area contributed by atoms with Gasteiger partial charge in [0.25, 0.3) is 0 Å². The highest BCUT2D eigenvalue weighted by molar-refractivity contribution is 14.0. The van der Waals surface area contributed by atoms with Gasteiger partial charge in [0.15, 0.2) is 15.8 Å². The van der Waals surface area contributed by atoms with Gasteiger partial charge in [-0.05, 0) is 26.3 Å². The van der Waals surface area contributed by atoms with Crippen LogP contribution in [0.4, 0.5) is 0 Å². The van der Waals surface area contributed by atoms with Crippen molar-refractivity contribution in [3.63, 3.8) is 0 Å². The molecule has 1 aliphatic rings. The molecule has 130 valence electrons. The van der Waals surface area contributed by atoms with Crippen LogP contribution in [0.15, 0.2) is 29.3 Å². The Labute approximate surface area is 156 Å². The number of nitrogens with zero attached hydrogens (tertiary/aromatic N) is 2. The van der Waals surface area contributed by atoms with Crippen molar-refractivity contribution in [3.8, 4) is 0 Å². The van der Waals surface area contributed by atoms with E-state index in [1.807, 2.05) is 4.90 Å². The number of sulfone groups is 1. The second kappa shape index (κ2) is 7.83. The third-order valence-corrected chi connectivity index (χ3v) is 6.66. The molecule has 23 heavy (non-hydrogen) atoms. The lowest BCUT2D eigenvalue weighted by Crippen LogP contribution is -2.57. The van der Waals surface area contributed by atoms with Crippen molar-refractivity contribution in [3.05, 3.63) is 35.4 Å². The first-order valence-corrected chi connectivity index (χ1v) is 9.14. The van der Waals surface area contributed by atoms with Gasteiger partial charge in [0.1, 0.15) is 0 Å². The quantitative estimate of drug-likeness (QED) is 0.426. The number of hydrogen-bond donors (Lipinski definition) is 1. The highest BCUT2D eigenvalue weighted by Crippen LogP contribution is 2.23. The van der Waals surface area contributed by atoms with Gasteiger partial charge >= 0.3 is 0 Å². The van der Waals surface area contributed by atoms with E-state index in [-0.39, 0.29) is 29.7 Å². The fraction of sp³-hybridized carbons (Fsp3) is 0.562. The largest absolute Gasteiger partial charge is 0.352 e. The molecule has 0 aliphatic carbocycles. The summed E-state index contributed by atoms with van der Waals surface area (Å²) in [6, 6.07) is 8.33. The Bertz CT molecular complexity index is 654. The van der Waals surface area contributed by atoms with Crippen molar-refractivity contribution < 1.29 is 8.42 Å². The fourth-order valence-electron chi connectivity index (χ4n) is 2.54. The van der Waals surface area contributed by atoms with E-state index in [1.165, 1.54) is 11.1 Å². The fourth-order valence-corrected chi connectivity index (χ4v) is 3.91. The van der Waals surface area contributed by atoms with E-state index >= 15 is 0 Å². The Morgan fingerprint density at radius 1 is 1.30 bits per heavy atom. The molecular weight excluding hydrogens is 425 g/mol. The predicted octanol–water partition coefficient (Wildman–Crippen LogP) is 2.20. The standard InChI is InChI=1S/C16H25N3O2S.HI/c1-13-5-7-14(8-6-13)11-18-15(17-4)19-9-10-22(20,21)16(2,3)12-19;/h5-8H,9-12H2,1-4H3,(H,17,18);1H. The summed E-state index contributed by atoms with van der Waals surface area (Å²) >= 11 is 0. The molecule has 0 saturated carbocycles. The molecule has 1 aromatic rings. The maximum atomic E-state index is 12.1. The predicted molar refractivity (Wildman–Crippen MR) is 106 cm³/mol. The summed E-state index contributed by atoms with van der Waals surface area (Å²) in [5, 5.41) is 3.32. The minimum Gasteiger partial charge on any atom is -0.352 e. The van der Waals surface area contributed by atoms with E-state index in [4.69, 9.17) is 0 Å². The molecule has 0 bridgehead atoms. The van der Waals surface area contributed by atoms with Gasteiger partial charge in [0.2, 0.25) is 0 Å². The number of rotatable bonds is 2. The molecule has 1 aromatic carbocycles. The van der Waals surface area contributed by atoms with Crippen LogP contribution in [0.1, 0.15) is 25.0 Å². The number of aliphatic imine (C=N–C) groups is 1. The summed E-state index contributed by atoms with van der Waals surface area (Å²) in [5.74, 6) is 0.925. The van der Waals surface area contributed by atoms with Crippen LogP contribution in [0.2, 0.25) is 0 Å². The summed E-state index contributed by atoms with van der Waals surface area (Å²) in [4.78, 5) is 6.32. The van der Waals surface area contributed by atoms with E-state index in [0.29, 0.717) is 19.6 Å². The first-order valence-electron chi connectivity index (χ1n) is 7.49. The molecule has 0 radical (unpaired) electrons. The average Bonchev–Trinajstić information content (AvgIpc) is 2.45. The van der Waals surface area contributed by atoms with Gasteiger partial charge in [-0.2, -0.15) is 0 Å². The minimum atomic E-state index is -3.03. The number of aryl methyl sites for hydroxylation is 1. The van der Waals surface area contributed by atoms with E-state index in [2.05, 4.69) is 41.5 Å². The summed E-state index contributed by atoms with van der Waals surface area (Å²) in [5.41, 5.74) is 2.41. The lowest BCUT2D eigenvalue weighted by Gasteiger charge is -2.39. The highest BCUT2D eigenvalue weighted by Gasteiger charge is 2.40. The van der Waals surface area contributed by atoms with E-state index in [9.17, 15) is 8.42 Å². The number of hydrogen-bond acceptors (Lipinski definition) is 3. The Balaban J connectivity index is 0.00000264. The summed E-state index contributed by atoms with van der Waals surface area (Å²) < 4.78 is 23.4. The number of benzene rings is 1. The number of halogens is 1. The Morgan fingerprint density at radius 3 is 2.43 bits per heavy atom. The van der Waals surface area contributed by atoms with Gasteiger partial charge in [0.05, 0.1) is 10.5 Å². The van der Waals surface area contributed by atoms with Gasteiger partial charge in [-0.25, -0.2) is 8.42 Å². The minimum absolute atomic E-state index is 0. The van der Waals surface area contributed by atoms with Crippen LogP contribution in [0.5, 0.6) is 0 Å². The lowest BCUT2D eigenvalue weighted by molar-refractivity contribution is 0.353. The van der Waals surface area contributed by atoms with Crippen molar-refractivity contribution in [2.24, 2.45) is 4.99 Å². The molecule has 7 heteroatoms. The third kappa shape index (κ3) is 4.82. The molecule has 0 amide bonds. The van der Waals surface area contributed by atoms with Crippen LogP contribution in [-0.2, 0) is 16.4 Å². The summed E-state index contributed by atoms with van der Waals surface area (Å²) in [7, 11) is -1.30. The summed E-state index contributed by atoms with van der Waals surface area (Å²) in [6.45, 7) is 7.24. The average molecular weight is 451 g/mol. The highest BCUT2D eigenvalue weighted by atomic mass is 127. The van der Waals surface area contributed by atoms with Gasteiger partial charge in [-0.15, -0.1) is 24.0 Å². The Hall–Kier alpha value is -0.830. The van der Waals surface area contributed by atoms with E-state index in [0.717, 1.165) is 5.96 Å². The van der Waals surface area contributed by atoms with Crippen molar-refractivity contribution >= 4 is 39.8 Å². The monoisotopic (exact) mass is 451 g/mol. The molecule has 0 unspecified atom stereocenters. The van der Waals surface area contributed by atoms with Crippen LogP contribution in [0.25, 0.3) is 0 Å². The Morgan fingerprint density at radius 2 is 1.91 bits per heavy atom. The molecule has 5 nitrogen and oxygen atoms in total. The molecule has 0 spiro atoms. The first-order chi connectivity index (χ1) is 10.2. The number of guanidine groups is 1. The maximum Gasteiger partial charge on any atom is 0.193 e. The zero-order chi connectivity index (χ0) is 16.4. The first kappa shape index (κ1) is 20.2. The van der Waals surface area contributed by atoms with Crippen LogP contribution in [-0.4, -0.2) is 49.9 Å². The summed E-state index contributed by atoms with van der Waals surface area (Å²) in [6.07, 6.45) is 0. The van der Waals surface area contributed by atoms with Crippen molar-refractivity contribution in [2.75, 3.05) is 25.9 Å². The lowest BCUT2D eigenvalue weighted by atomic mass is 10.1. The van der Waals surface area contributed by atoms with Gasteiger partial charge < -0.3 is 10.2 Å². The second-order valence-electron chi connectivity index (χ2n) is 6.39. The second-order valence-corrected chi connectivity index (χ2v) is 9.13. The molecule has 0 atom stereocenters. The molecular formula is C16H26IN3O2S. The zero-order valence-corrected chi connectivity index (χ0v) is 17.3. The molecule has 2 rings (SSSR count). The van der Waals surface area contributed by atoms with Crippen LogP contribution >= 0.6 is 24.0 Å². The SMILES string of the molecule is CN=C(NCc1ccc(C)cc1)N1CCS(=O)(=O)C(C)(C)C1.I. The molecule has 1 N–H and O–H groups in total. The number of nitrogens with one attached hydrogen (secondary N) is 1. The van der Waals surface area contributed by atoms with E-state index < -0.39 is 14.6 Å². The molecule has 1 saturated heterocycles. The maximum absolute atomic E-state index is 12.1. The van der Waals surface area contributed by atoms with Crippen LogP contribution in [0, 0.1) is 6.92 Å². The van der Waals surface area contributed by atoms with E-state index in [1.54, 1.807) is 20.9 Å². The van der Waals surface area contributed by atoms with Crippen molar-refractivity contribution in [1.29, 1.82) is 0 Å². The normalized spacial score (nSPS) is 19.8. The molecule has 1 fully saturated rings. The zero-order valence-electron chi connectivity index (χ0n) is 14.2. The van der Waals surface area contributed by atoms with Gasteiger partial charge in [-0.1, -0.05) is 29.8 Å². The smallest absolute Gasteiger partial charge is 0.193 e. The van der Waals surface area contributed by atoms with Gasteiger partial charge in [0, 0.05) is 26.7 Å².